The number of nitrogens with one attached hydrogen (secondary N) is 1. The number of amides is 1. The number of Topliss-reactive ketones (excluding diaryl/α,β-unsaturated/α-hetero) is 1. The van der Waals surface area contributed by atoms with E-state index in [-0.39, 0.29) is 11.3 Å². The monoisotopic (exact) mass is 334 g/mol. The number of rotatable bonds is 5. The Morgan fingerprint density at radius 3 is 2.12 bits per heavy atom. The summed E-state index contributed by atoms with van der Waals surface area (Å²) < 4.78 is 13.0. The molecular weight excluding hydrogens is 319 g/mol. The van der Waals surface area contributed by atoms with Gasteiger partial charge in [0.1, 0.15) is 11.9 Å². The number of benzene rings is 2. The molecule has 1 unspecified atom stereocenters. The van der Waals surface area contributed by atoms with Gasteiger partial charge < -0.3 is 5.32 Å². The van der Waals surface area contributed by atoms with Gasteiger partial charge in [-0.2, -0.15) is 0 Å². The van der Waals surface area contributed by atoms with Crippen LogP contribution >= 0.6 is 0 Å². The molecule has 25 heavy (non-hydrogen) atoms. The molecule has 3 aromatic rings. The first-order chi connectivity index (χ1) is 12.1. The first-order valence-corrected chi connectivity index (χ1v) is 7.71. The van der Waals surface area contributed by atoms with Crippen molar-refractivity contribution in [2.24, 2.45) is 0 Å². The lowest BCUT2D eigenvalue weighted by Gasteiger charge is -2.18. The van der Waals surface area contributed by atoms with Crippen LogP contribution in [0.25, 0.3) is 0 Å². The Bertz CT molecular complexity index is 865. The quantitative estimate of drug-likeness (QED) is 0.726. The average Bonchev–Trinajstić information content (AvgIpc) is 2.67. The number of ketones is 1. The number of hydrogen-bond acceptors (Lipinski definition) is 3. The van der Waals surface area contributed by atoms with E-state index in [2.05, 4.69) is 10.3 Å². The highest BCUT2D eigenvalue weighted by atomic mass is 19.1. The Hall–Kier alpha value is -3.34. The van der Waals surface area contributed by atoms with Crippen molar-refractivity contribution in [3.8, 4) is 0 Å². The van der Waals surface area contributed by atoms with Gasteiger partial charge >= 0.3 is 0 Å². The number of aromatic nitrogens is 1. The highest BCUT2D eigenvalue weighted by Crippen LogP contribution is 2.19. The summed E-state index contributed by atoms with van der Waals surface area (Å²) in [6, 6.07) is 16.5. The number of hydrogen-bond donors (Lipinski definition) is 1. The van der Waals surface area contributed by atoms with E-state index in [1.54, 1.807) is 36.4 Å². The minimum Gasteiger partial charge on any atom is -0.338 e. The van der Waals surface area contributed by atoms with Crippen LogP contribution in [0.5, 0.6) is 0 Å². The van der Waals surface area contributed by atoms with Gasteiger partial charge in [-0.15, -0.1) is 0 Å². The maximum absolute atomic E-state index is 13.0. The van der Waals surface area contributed by atoms with Crippen LogP contribution in [0.2, 0.25) is 0 Å². The molecule has 0 aliphatic carbocycles. The summed E-state index contributed by atoms with van der Waals surface area (Å²) >= 11 is 0. The molecule has 3 rings (SSSR count). The lowest BCUT2D eigenvalue weighted by atomic mass is 9.97. The van der Waals surface area contributed by atoms with E-state index in [0.29, 0.717) is 11.1 Å². The Morgan fingerprint density at radius 2 is 1.48 bits per heavy atom. The zero-order valence-corrected chi connectivity index (χ0v) is 13.2. The summed E-state index contributed by atoms with van der Waals surface area (Å²) in [5, 5.41) is 2.74. The second-order valence-corrected chi connectivity index (χ2v) is 5.42. The van der Waals surface area contributed by atoms with E-state index in [1.807, 2.05) is 6.07 Å². The van der Waals surface area contributed by atoms with Crippen molar-refractivity contribution in [3.63, 3.8) is 0 Å². The molecule has 0 aliphatic rings. The van der Waals surface area contributed by atoms with Gasteiger partial charge in [0.25, 0.3) is 5.91 Å². The number of carbonyl (C=O) groups is 2. The van der Waals surface area contributed by atoms with Crippen LogP contribution in [0.3, 0.4) is 0 Å². The van der Waals surface area contributed by atoms with Gasteiger partial charge in [0, 0.05) is 23.5 Å². The topological polar surface area (TPSA) is 59.1 Å². The normalized spacial score (nSPS) is 11.6. The van der Waals surface area contributed by atoms with Crippen LogP contribution in [-0.2, 0) is 0 Å². The van der Waals surface area contributed by atoms with Gasteiger partial charge in [-0.1, -0.05) is 30.3 Å². The highest BCUT2D eigenvalue weighted by Gasteiger charge is 2.24. The molecule has 1 N–H and O–H groups in total. The van der Waals surface area contributed by atoms with Crippen LogP contribution in [0.15, 0.2) is 79.1 Å². The van der Waals surface area contributed by atoms with E-state index in [0.717, 1.165) is 0 Å². The Labute approximate surface area is 144 Å². The second kappa shape index (κ2) is 7.49. The molecule has 0 spiro atoms. The van der Waals surface area contributed by atoms with Gasteiger partial charge in [0.2, 0.25) is 0 Å². The number of nitrogens with zero attached hydrogens (tertiary/aromatic N) is 1. The summed E-state index contributed by atoms with van der Waals surface area (Å²) in [5.74, 6) is -1.12. The third-order valence-electron chi connectivity index (χ3n) is 3.74. The smallest absolute Gasteiger partial charge is 0.252 e. The maximum atomic E-state index is 13.0. The van der Waals surface area contributed by atoms with E-state index in [1.165, 1.54) is 36.7 Å². The summed E-state index contributed by atoms with van der Waals surface area (Å²) in [6.07, 6.45) is 3.05. The van der Waals surface area contributed by atoms with Gasteiger partial charge in [-0.25, -0.2) is 4.39 Å². The third kappa shape index (κ3) is 3.95. The number of pyridine rings is 1. The molecule has 0 aliphatic heterocycles. The van der Waals surface area contributed by atoms with Crippen LogP contribution in [0.1, 0.15) is 32.3 Å². The summed E-state index contributed by atoms with van der Waals surface area (Å²) in [7, 11) is 0. The summed E-state index contributed by atoms with van der Waals surface area (Å²) in [4.78, 5) is 29.2. The predicted octanol–water partition coefficient (Wildman–Crippen LogP) is 3.57. The molecule has 0 fully saturated rings. The zero-order chi connectivity index (χ0) is 17.6. The highest BCUT2D eigenvalue weighted by molar-refractivity contribution is 6.04. The molecule has 4 nitrogen and oxygen atoms in total. The predicted molar refractivity (Wildman–Crippen MR) is 91.6 cm³/mol. The molecule has 1 aromatic heterocycles. The number of halogens is 1. The van der Waals surface area contributed by atoms with E-state index in [4.69, 9.17) is 0 Å². The van der Waals surface area contributed by atoms with Crippen molar-refractivity contribution >= 4 is 11.7 Å². The fourth-order valence-corrected chi connectivity index (χ4v) is 2.44. The molecule has 0 saturated heterocycles. The van der Waals surface area contributed by atoms with Crippen molar-refractivity contribution < 1.29 is 14.0 Å². The first-order valence-electron chi connectivity index (χ1n) is 7.71. The van der Waals surface area contributed by atoms with Crippen molar-refractivity contribution in [2.75, 3.05) is 0 Å². The molecule has 0 saturated carbocycles. The van der Waals surface area contributed by atoms with Gasteiger partial charge in [0.05, 0.1) is 0 Å². The van der Waals surface area contributed by atoms with Crippen LogP contribution in [0.4, 0.5) is 4.39 Å². The first kappa shape index (κ1) is 16.5. The SMILES string of the molecule is O=C(NC(C(=O)c1ccncc1)c1ccccc1)c1ccc(F)cc1. The number of carbonyl (C=O) groups excluding carboxylic acids is 2. The fourth-order valence-electron chi connectivity index (χ4n) is 2.44. The molecule has 1 amide bonds. The lowest BCUT2D eigenvalue weighted by molar-refractivity contribution is 0.0857. The molecule has 0 radical (unpaired) electrons. The van der Waals surface area contributed by atoms with Crippen LogP contribution in [0, 0.1) is 5.82 Å². The molecule has 1 heterocycles. The van der Waals surface area contributed by atoms with Crippen molar-refractivity contribution in [3.05, 3.63) is 102 Å². The zero-order valence-electron chi connectivity index (χ0n) is 13.2. The molecule has 5 heteroatoms. The maximum Gasteiger partial charge on any atom is 0.252 e. The minimum absolute atomic E-state index is 0.246. The lowest BCUT2D eigenvalue weighted by Crippen LogP contribution is -2.34. The molecule has 1 atom stereocenters. The van der Waals surface area contributed by atoms with Gasteiger partial charge in [0.15, 0.2) is 5.78 Å². The largest absolute Gasteiger partial charge is 0.338 e. The Kier molecular flexibility index (Phi) is 4.95. The Morgan fingerprint density at radius 1 is 0.840 bits per heavy atom. The van der Waals surface area contributed by atoms with Crippen LogP contribution in [-0.4, -0.2) is 16.7 Å². The van der Waals surface area contributed by atoms with Gasteiger partial charge in [-0.3, -0.25) is 14.6 Å². The van der Waals surface area contributed by atoms with E-state index in [9.17, 15) is 14.0 Å². The van der Waals surface area contributed by atoms with Crippen molar-refractivity contribution in [1.29, 1.82) is 0 Å². The summed E-state index contributed by atoms with van der Waals surface area (Å²) in [6.45, 7) is 0. The molecular formula is C20H15FN2O2. The second-order valence-electron chi connectivity index (χ2n) is 5.42. The molecule has 0 bridgehead atoms. The average molecular weight is 334 g/mol. The van der Waals surface area contributed by atoms with Crippen LogP contribution < -0.4 is 5.32 Å². The van der Waals surface area contributed by atoms with E-state index >= 15 is 0 Å². The molecule has 2 aromatic carbocycles. The van der Waals surface area contributed by atoms with Gasteiger partial charge in [-0.05, 0) is 42.0 Å². The van der Waals surface area contributed by atoms with Crippen molar-refractivity contribution in [2.45, 2.75) is 6.04 Å². The third-order valence-corrected chi connectivity index (χ3v) is 3.74. The van der Waals surface area contributed by atoms with Crippen molar-refractivity contribution in [1.82, 2.24) is 10.3 Å². The van der Waals surface area contributed by atoms with E-state index < -0.39 is 17.8 Å². The standard InChI is InChI=1S/C20H15FN2O2/c21-17-8-6-16(7-9-17)20(25)23-18(14-4-2-1-3-5-14)19(24)15-10-12-22-13-11-15/h1-13,18H,(H,23,25). The summed E-state index contributed by atoms with van der Waals surface area (Å²) in [5.41, 5.74) is 1.40. The molecule has 124 valence electrons. The fraction of sp³-hybridized carbons (Fsp3) is 0.0500. The minimum atomic E-state index is -0.846. The Balaban J connectivity index is 1.90.